The van der Waals surface area contributed by atoms with E-state index in [0.29, 0.717) is 5.92 Å². The SMILES string of the molecule is CCC(C)C1OCC(C)(O)C1O. The Morgan fingerprint density at radius 3 is 2.58 bits per heavy atom. The predicted octanol–water partition coefficient (Wildman–Crippen LogP) is 0.543. The van der Waals surface area contributed by atoms with Gasteiger partial charge in [0.1, 0.15) is 11.7 Å². The highest BCUT2D eigenvalue weighted by Gasteiger charge is 2.45. The van der Waals surface area contributed by atoms with E-state index in [1.165, 1.54) is 0 Å². The zero-order chi connectivity index (χ0) is 9.35. The normalized spacial score (nSPS) is 44.8. The molecule has 0 bridgehead atoms. The molecule has 1 aliphatic rings. The van der Waals surface area contributed by atoms with Gasteiger partial charge in [0.25, 0.3) is 0 Å². The van der Waals surface area contributed by atoms with Gasteiger partial charge in [-0.2, -0.15) is 0 Å². The van der Waals surface area contributed by atoms with Crippen molar-refractivity contribution in [3.8, 4) is 0 Å². The third-order valence-electron chi connectivity index (χ3n) is 2.72. The number of aliphatic hydroxyl groups excluding tert-OH is 1. The molecule has 0 radical (unpaired) electrons. The Hall–Kier alpha value is -0.120. The molecule has 0 aromatic rings. The first-order valence-electron chi connectivity index (χ1n) is 4.51. The molecule has 0 aromatic carbocycles. The fourth-order valence-corrected chi connectivity index (χ4v) is 1.50. The Morgan fingerprint density at radius 1 is 1.67 bits per heavy atom. The maximum atomic E-state index is 9.64. The Labute approximate surface area is 73.4 Å². The van der Waals surface area contributed by atoms with Crippen molar-refractivity contribution in [2.75, 3.05) is 6.61 Å². The van der Waals surface area contributed by atoms with E-state index in [-0.39, 0.29) is 12.7 Å². The topological polar surface area (TPSA) is 49.7 Å². The Kier molecular flexibility index (Phi) is 2.76. The van der Waals surface area contributed by atoms with Gasteiger partial charge >= 0.3 is 0 Å². The van der Waals surface area contributed by atoms with Crippen molar-refractivity contribution in [2.24, 2.45) is 5.92 Å². The van der Waals surface area contributed by atoms with Gasteiger partial charge in [-0.1, -0.05) is 20.3 Å². The van der Waals surface area contributed by atoms with Crippen molar-refractivity contribution in [1.29, 1.82) is 0 Å². The van der Waals surface area contributed by atoms with Crippen LogP contribution in [0, 0.1) is 5.92 Å². The van der Waals surface area contributed by atoms with Crippen LogP contribution in [0.15, 0.2) is 0 Å². The fraction of sp³-hybridized carbons (Fsp3) is 1.00. The second-order valence-electron chi connectivity index (χ2n) is 3.96. The molecule has 0 aromatic heterocycles. The molecule has 0 aliphatic carbocycles. The van der Waals surface area contributed by atoms with Crippen LogP contribution in [0.25, 0.3) is 0 Å². The number of rotatable bonds is 2. The monoisotopic (exact) mass is 174 g/mol. The van der Waals surface area contributed by atoms with Crippen LogP contribution in [0.2, 0.25) is 0 Å². The largest absolute Gasteiger partial charge is 0.387 e. The molecule has 4 atom stereocenters. The molecule has 0 amide bonds. The molecule has 2 N–H and O–H groups in total. The third kappa shape index (κ3) is 1.63. The zero-order valence-corrected chi connectivity index (χ0v) is 7.95. The van der Waals surface area contributed by atoms with E-state index < -0.39 is 11.7 Å². The maximum Gasteiger partial charge on any atom is 0.113 e. The molecule has 1 saturated heterocycles. The van der Waals surface area contributed by atoms with Crippen LogP contribution in [0.1, 0.15) is 27.2 Å². The highest BCUT2D eigenvalue weighted by atomic mass is 16.5. The number of ether oxygens (including phenoxy) is 1. The van der Waals surface area contributed by atoms with Gasteiger partial charge in [0, 0.05) is 0 Å². The van der Waals surface area contributed by atoms with Crippen LogP contribution in [0.3, 0.4) is 0 Å². The van der Waals surface area contributed by atoms with E-state index in [9.17, 15) is 10.2 Å². The summed E-state index contributed by atoms with van der Waals surface area (Å²) >= 11 is 0. The lowest BCUT2D eigenvalue weighted by atomic mass is 9.91. The first-order chi connectivity index (χ1) is 5.49. The second kappa shape index (κ2) is 3.32. The minimum absolute atomic E-state index is 0.204. The number of hydrogen-bond acceptors (Lipinski definition) is 3. The molecule has 0 spiro atoms. The van der Waals surface area contributed by atoms with E-state index in [0.717, 1.165) is 6.42 Å². The van der Waals surface area contributed by atoms with Gasteiger partial charge in [-0.05, 0) is 12.8 Å². The summed E-state index contributed by atoms with van der Waals surface area (Å²) in [6, 6.07) is 0. The maximum absolute atomic E-state index is 9.64. The highest BCUT2D eigenvalue weighted by Crippen LogP contribution is 2.29. The lowest BCUT2D eigenvalue weighted by Crippen LogP contribution is -2.42. The standard InChI is InChI=1S/C9H18O3/c1-4-6(2)7-8(10)9(3,11)5-12-7/h6-8,10-11H,4-5H2,1-3H3. The van der Waals surface area contributed by atoms with Crippen LogP contribution >= 0.6 is 0 Å². The van der Waals surface area contributed by atoms with Gasteiger partial charge < -0.3 is 14.9 Å². The van der Waals surface area contributed by atoms with Crippen molar-refractivity contribution < 1.29 is 14.9 Å². The summed E-state index contributed by atoms with van der Waals surface area (Å²) in [6.07, 6.45) is 0.00935. The first kappa shape index (κ1) is 9.96. The zero-order valence-electron chi connectivity index (χ0n) is 7.95. The Balaban J connectivity index is 2.61. The average Bonchev–Trinajstić information content (AvgIpc) is 2.27. The second-order valence-corrected chi connectivity index (χ2v) is 3.96. The average molecular weight is 174 g/mol. The van der Waals surface area contributed by atoms with Crippen LogP contribution < -0.4 is 0 Å². The lowest BCUT2D eigenvalue weighted by Gasteiger charge is -2.24. The van der Waals surface area contributed by atoms with E-state index >= 15 is 0 Å². The van der Waals surface area contributed by atoms with Crippen molar-refractivity contribution in [3.63, 3.8) is 0 Å². The minimum Gasteiger partial charge on any atom is -0.387 e. The van der Waals surface area contributed by atoms with Crippen LogP contribution in [0.4, 0.5) is 0 Å². The van der Waals surface area contributed by atoms with Gasteiger partial charge in [0.15, 0.2) is 0 Å². The van der Waals surface area contributed by atoms with Gasteiger partial charge in [0.2, 0.25) is 0 Å². The summed E-state index contributed by atoms with van der Waals surface area (Å²) in [5.74, 6) is 0.300. The summed E-state index contributed by atoms with van der Waals surface area (Å²) < 4.78 is 5.33. The van der Waals surface area contributed by atoms with E-state index in [1.807, 2.05) is 13.8 Å². The van der Waals surface area contributed by atoms with Crippen molar-refractivity contribution >= 4 is 0 Å². The van der Waals surface area contributed by atoms with Crippen LogP contribution in [-0.2, 0) is 4.74 Å². The molecule has 1 fully saturated rings. The smallest absolute Gasteiger partial charge is 0.113 e. The summed E-state index contributed by atoms with van der Waals surface area (Å²) in [4.78, 5) is 0. The molecule has 1 aliphatic heterocycles. The summed E-state index contributed by atoms with van der Waals surface area (Å²) in [6.45, 7) is 5.92. The van der Waals surface area contributed by atoms with Gasteiger partial charge in [-0.3, -0.25) is 0 Å². The molecule has 1 rings (SSSR count). The molecule has 3 heteroatoms. The third-order valence-corrected chi connectivity index (χ3v) is 2.72. The number of aliphatic hydroxyl groups is 2. The van der Waals surface area contributed by atoms with Gasteiger partial charge in [0.05, 0.1) is 12.7 Å². The van der Waals surface area contributed by atoms with Gasteiger partial charge in [-0.25, -0.2) is 0 Å². The van der Waals surface area contributed by atoms with Crippen molar-refractivity contribution in [1.82, 2.24) is 0 Å². The Morgan fingerprint density at radius 2 is 2.25 bits per heavy atom. The van der Waals surface area contributed by atoms with Crippen molar-refractivity contribution in [3.05, 3.63) is 0 Å². The lowest BCUT2D eigenvalue weighted by molar-refractivity contribution is -0.0440. The molecule has 12 heavy (non-hydrogen) atoms. The molecular formula is C9H18O3. The molecule has 1 heterocycles. The quantitative estimate of drug-likeness (QED) is 0.642. The highest BCUT2D eigenvalue weighted by molar-refractivity contribution is 4.95. The first-order valence-corrected chi connectivity index (χ1v) is 4.51. The summed E-state index contributed by atoms with van der Waals surface area (Å²) in [5.41, 5.74) is -1.06. The Bertz CT molecular complexity index is 156. The summed E-state index contributed by atoms with van der Waals surface area (Å²) in [5, 5.41) is 19.2. The molecule has 3 nitrogen and oxygen atoms in total. The van der Waals surface area contributed by atoms with Crippen LogP contribution in [-0.4, -0.2) is 34.6 Å². The minimum atomic E-state index is -1.06. The molecule has 0 saturated carbocycles. The van der Waals surface area contributed by atoms with Crippen molar-refractivity contribution in [2.45, 2.75) is 45.0 Å². The van der Waals surface area contributed by atoms with Crippen LogP contribution in [0.5, 0.6) is 0 Å². The van der Waals surface area contributed by atoms with E-state index in [4.69, 9.17) is 4.74 Å². The van der Waals surface area contributed by atoms with E-state index in [1.54, 1.807) is 6.92 Å². The fourth-order valence-electron chi connectivity index (χ4n) is 1.50. The predicted molar refractivity (Wildman–Crippen MR) is 45.8 cm³/mol. The van der Waals surface area contributed by atoms with Gasteiger partial charge in [-0.15, -0.1) is 0 Å². The molecular weight excluding hydrogens is 156 g/mol. The van der Waals surface area contributed by atoms with E-state index in [2.05, 4.69) is 0 Å². The molecule has 4 unspecified atom stereocenters. The number of hydrogen-bond donors (Lipinski definition) is 2. The summed E-state index contributed by atoms with van der Waals surface area (Å²) in [7, 11) is 0. The molecule has 72 valence electrons.